The fourth-order valence-corrected chi connectivity index (χ4v) is 2.42. The van der Waals surface area contributed by atoms with Crippen molar-refractivity contribution in [2.45, 2.75) is 32.2 Å². The maximum absolute atomic E-state index is 11.0. The number of hydrogen-bond acceptors (Lipinski definition) is 4. The molecule has 0 bridgehead atoms. The van der Waals surface area contributed by atoms with Crippen LogP contribution in [0, 0.1) is 5.92 Å². The molecule has 0 heterocycles. The molecule has 0 radical (unpaired) electrons. The first-order chi connectivity index (χ1) is 9.17. The fourth-order valence-electron chi connectivity index (χ4n) is 2.42. The van der Waals surface area contributed by atoms with E-state index in [0.717, 1.165) is 11.6 Å². The lowest BCUT2D eigenvalue weighted by molar-refractivity contribution is -0.142. The second kappa shape index (κ2) is 6.45. The predicted molar refractivity (Wildman–Crippen MR) is 74.4 cm³/mol. The molecule has 2 unspecified atom stereocenters. The van der Waals surface area contributed by atoms with E-state index in [-0.39, 0.29) is 12.6 Å². The molecule has 2 atom stereocenters. The van der Waals surface area contributed by atoms with Gasteiger partial charge >= 0.3 is 5.97 Å². The Hall–Kier alpha value is -1.71. The highest BCUT2D eigenvalue weighted by molar-refractivity contribution is 5.70. The van der Waals surface area contributed by atoms with Crippen LogP contribution in [0.2, 0.25) is 0 Å². The number of carbonyl (C=O) groups is 1. The molecule has 0 aliphatic heterocycles. The Morgan fingerprint density at radius 3 is 2.63 bits per heavy atom. The van der Waals surface area contributed by atoms with Crippen molar-refractivity contribution < 1.29 is 14.3 Å². The van der Waals surface area contributed by atoms with Crippen molar-refractivity contribution in [1.29, 1.82) is 0 Å². The molecule has 0 amide bonds. The Balaban J connectivity index is 1.82. The number of nitrogens with one attached hydrogen (secondary N) is 1. The fraction of sp³-hybridized carbons (Fsp3) is 0.533. The van der Waals surface area contributed by atoms with E-state index in [0.29, 0.717) is 11.8 Å². The molecular formula is C15H21NO3. The van der Waals surface area contributed by atoms with Gasteiger partial charge in [-0.1, -0.05) is 6.92 Å². The van der Waals surface area contributed by atoms with Crippen LogP contribution in [0.3, 0.4) is 0 Å². The number of hydrogen-bond donors (Lipinski definition) is 1. The van der Waals surface area contributed by atoms with E-state index in [2.05, 4.69) is 17.0 Å². The van der Waals surface area contributed by atoms with Crippen LogP contribution in [0.15, 0.2) is 24.3 Å². The number of carbonyl (C=O) groups excluding carboxylic acids is 1. The second-order valence-electron chi connectivity index (χ2n) is 5.15. The first-order valence-electron chi connectivity index (χ1n) is 6.73. The number of anilines is 1. The maximum atomic E-state index is 11.0. The van der Waals surface area contributed by atoms with E-state index in [4.69, 9.17) is 4.74 Å². The first-order valence-corrected chi connectivity index (χ1v) is 6.73. The monoisotopic (exact) mass is 263 g/mol. The summed E-state index contributed by atoms with van der Waals surface area (Å²) in [6, 6.07) is 8.27. The van der Waals surface area contributed by atoms with Crippen LogP contribution in [0.4, 0.5) is 5.69 Å². The minimum Gasteiger partial charge on any atom is -0.482 e. The number of rotatable bonds is 5. The Morgan fingerprint density at radius 1 is 1.32 bits per heavy atom. The summed E-state index contributed by atoms with van der Waals surface area (Å²) >= 11 is 0. The van der Waals surface area contributed by atoms with E-state index in [1.165, 1.54) is 26.4 Å². The normalized spacial score (nSPS) is 22.0. The van der Waals surface area contributed by atoms with Crippen LogP contribution in [-0.4, -0.2) is 25.7 Å². The first kappa shape index (κ1) is 13.7. The molecule has 1 aliphatic carbocycles. The zero-order chi connectivity index (χ0) is 13.7. The SMILES string of the molecule is COC(=O)COc1ccc(NC2CCC(C)C2)cc1. The number of benzene rings is 1. The third-order valence-electron chi connectivity index (χ3n) is 3.50. The Labute approximate surface area is 114 Å². The summed E-state index contributed by atoms with van der Waals surface area (Å²) in [4.78, 5) is 11.0. The van der Waals surface area contributed by atoms with Crippen molar-refractivity contribution in [3.63, 3.8) is 0 Å². The summed E-state index contributed by atoms with van der Waals surface area (Å²) in [6.07, 6.45) is 3.78. The lowest BCUT2D eigenvalue weighted by Gasteiger charge is -2.14. The number of ether oxygens (including phenoxy) is 2. The zero-order valence-corrected chi connectivity index (χ0v) is 11.5. The molecule has 1 saturated carbocycles. The van der Waals surface area contributed by atoms with Crippen LogP contribution in [0.25, 0.3) is 0 Å². The molecule has 1 aromatic carbocycles. The van der Waals surface area contributed by atoms with Crippen molar-refractivity contribution in [1.82, 2.24) is 0 Å². The lowest BCUT2D eigenvalue weighted by Crippen LogP contribution is -2.15. The molecule has 0 saturated heterocycles. The molecule has 2 rings (SSSR count). The summed E-state index contributed by atoms with van der Waals surface area (Å²) in [6.45, 7) is 2.24. The van der Waals surface area contributed by atoms with Gasteiger partial charge < -0.3 is 14.8 Å². The van der Waals surface area contributed by atoms with Crippen LogP contribution < -0.4 is 10.1 Å². The molecule has 4 heteroatoms. The summed E-state index contributed by atoms with van der Waals surface area (Å²) < 4.78 is 9.82. The molecule has 19 heavy (non-hydrogen) atoms. The third kappa shape index (κ3) is 4.16. The van der Waals surface area contributed by atoms with Gasteiger partial charge in [-0.2, -0.15) is 0 Å². The molecule has 104 valence electrons. The third-order valence-corrected chi connectivity index (χ3v) is 3.50. The minimum atomic E-state index is -0.373. The Bertz CT molecular complexity index is 416. The standard InChI is InChI=1S/C15H21NO3/c1-11-3-4-13(9-11)16-12-5-7-14(8-6-12)19-10-15(17)18-2/h5-8,11,13,16H,3-4,9-10H2,1-2H3. The number of methoxy groups -OCH3 is 1. The highest BCUT2D eigenvalue weighted by atomic mass is 16.6. The van der Waals surface area contributed by atoms with Gasteiger partial charge in [0.1, 0.15) is 5.75 Å². The van der Waals surface area contributed by atoms with Crippen molar-refractivity contribution >= 4 is 11.7 Å². The van der Waals surface area contributed by atoms with E-state index >= 15 is 0 Å². The average Bonchev–Trinajstić information content (AvgIpc) is 2.83. The largest absolute Gasteiger partial charge is 0.482 e. The van der Waals surface area contributed by atoms with Crippen LogP contribution in [0.1, 0.15) is 26.2 Å². The molecule has 1 N–H and O–H groups in total. The van der Waals surface area contributed by atoms with Crippen molar-refractivity contribution in [2.24, 2.45) is 5.92 Å². The van der Waals surface area contributed by atoms with Gasteiger partial charge in [-0.15, -0.1) is 0 Å². The zero-order valence-electron chi connectivity index (χ0n) is 11.5. The van der Waals surface area contributed by atoms with Gasteiger partial charge in [0.2, 0.25) is 0 Å². The maximum Gasteiger partial charge on any atom is 0.343 e. The van der Waals surface area contributed by atoms with E-state index in [1.54, 1.807) is 0 Å². The van der Waals surface area contributed by atoms with E-state index in [1.807, 2.05) is 24.3 Å². The highest BCUT2D eigenvalue weighted by Crippen LogP contribution is 2.28. The van der Waals surface area contributed by atoms with Gasteiger partial charge in [0.05, 0.1) is 7.11 Å². The van der Waals surface area contributed by atoms with E-state index in [9.17, 15) is 4.79 Å². The van der Waals surface area contributed by atoms with E-state index < -0.39 is 0 Å². The second-order valence-corrected chi connectivity index (χ2v) is 5.15. The lowest BCUT2D eigenvalue weighted by atomic mass is 10.1. The average molecular weight is 263 g/mol. The van der Waals surface area contributed by atoms with Crippen LogP contribution >= 0.6 is 0 Å². The summed E-state index contributed by atoms with van der Waals surface area (Å²) in [5.41, 5.74) is 1.10. The van der Waals surface area contributed by atoms with Gasteiger partial charge in [0, 0.05) is 11.7 Å². The Kier molecular flexibility index (Phi) is 4.66. The number of esters is 1. The van der Waals surface area contributed by atoms with Gasteiger partial charge in [-0.25, -0.2) is 4.79 Å². The smallest absolute Gasteiger partial charge is 0.343 e. The van der Waals surface area contributed by atoms with Crippen molar-refractivity contribution in [3.05, 3.63) is 24.3 Å². The summed E-state index contributed by atoms with van der Waals surface area (Å²) in [5.74, 6) is 1.12. The van der Waals surface area contributed by atoms with Gasteiger partial charge in [-0.3, -0.25) is 0 Å². The molecular weight excluding hydrogens is 242 g/mol. The topological polar surface area (TPSA) is 47.6 Å². The molecule has 4 nitrogen and oxygen atoms in total. The summed E-state index contributed by atoms with van der Waals surface area (Å²) in [7, 11) is 1.35. The van der Waals surface area contributed by atoms with Crippen molar-refractivity contribution in [2.75, 3.05) is 19.0 Å². The quantitative estimate of drug-likeness (QED) is 0.830. The molecule has 1 aliphatic rings. The molecule has 0 spiro atoms. The molecule has 1 aromatic rings. The van der Waals surface area contributed by atoms with Gasteiger partial charge in [0.15, 0.2) is 6.61 Å². The van der Waals surface area contributed by atoms with Gasteiger partial charge in [-0.05, 0) is 49.4 Å². The van der Waals surface area contributed by atoms with Crippen LogP contribution in [0.5, 0.6) is 5.75 Å². The predicted octanol–water partition coefficient (Wildman–Crippen LogP) is 2.84. The molecule has 0 aromatic heterocycles. The molecule has 1 fully saturated rings. The summed E-state index contributed by atoms with van der Waals surface area (Å²) in [5, 5.41) is 3.53. The Morgan fingerprint density at radius 2 is 2.05 bits per heavy atom. The van der Waals surface area contributed by atoms with Gasteiger partial charge in [0.25, 0.3) is 0 Å². The van der Waals surface area contributed by atoms with Crippen molar-refractivity contribution in [3.8, 4) is 5.75 Å². The minimum absolute atomic E-state index is 0.0522. The van der Waals surface area contributed by atoms with Crippen LogP contribution in [-0.2, 0) is 9.53 Å². The highest BCUT2D eigenvalue weighted by Gasteiger charge is 2.20.